The summed E-state index contributed by atoms with van der Waals surface area (Å²) in [5, 5.41) is 0. The standard InChI is InChI=1S/C21H35NO3P/c1-6-9-12-16-22-18(4)21(5,19-13-10-11-14-20(19)22)15-17-26(23,24-7-2)25-8-3/h10-11,13-14H,6-9,12,15-17H2,1-5H3/q+1. The summed E-state index contributed by atoms with van der Waals surface area (Å²) in [6.45, 7) is 12.3. The van der Waals surface area contributed by atoms with Gasteiger partial charge in [-0.1, -0.05) is 31.5 Å². The second-order valence-corrected chi connectivity index (χ2v) is 9.40. The zero-order valence-electron chi connectivity index (χ0n) is 17.1. The van der Waals surface area contributed by atoms with Crippen molar-refractivity contribution in [3.05, 3.63) is 29.8 Å². The van der Waals surface area contributed by atoms with Crippen molar-refractivity contribution in [2.75, 3.05) is 25.9 Å². The Labute approximate surface area is 159 Å². The Morgan fingerprint density at radius 1 is 1.08 bits per heavy atom. The Morgan fingerprint density at radius 2 is 1.73 bits per heavy atom. The quantitative estimate of drug-likeness (QED) is 0.272. The molecule has 0 aliphatic carbocycles. The van der Waals surface area contributed by atoms with Crippen LogP contribution in [0, 0.1) is 0 Å². The van der Waals surface area contributed by atoms with E-state index in [-0.39, 0.29) is 5.41 Å². The Balaban J connectivity index is 2.29. The maximum atomic E-state index is 13.0. The van der Waals surface area contributed by atoms with Crippen molar-refractivity contribution >= 4 is 19.0 Å². The highest BCUT2D eigenvalue weighted by molar-refractivity contribution is 7.53. The van der Waals surface area contributed by atoms with Crippen LogP contribution in [0.15, 0.2) is 24.3 Å². The van der Waals surface area contributed by atoms with E-state index in [2.05, 4.69) is 49.6 Å². The van der Waals surface area contributed by atoms with Gasteiger partial charge in [-0.3, -0.25) is 4.57 Å². The molecule has 1 aromatic rings. The van der Waals surface area contributed by atoms with Crippen molar-refractivity contribution in [2.45, 2.75) is 65.7 Å². The van der Waals surface area contributed by atoms with E-state index >= 15 is 0 Å². The van der Waals surface area contributed by atoms with Gasteiger partial charge in [0.05, 0.1) is 24.8 Å². The van der Waals surface area contributed by atoms with Gasteiger partial charge in [-0.15, -0.1) is 0 Å². The first kappa shape index (κ1) is 21.3. The summed E-state index contributed by atoms with van der Waals surface area (Å²) in [5.41, 5.74) is 3.83. The van der Waals surface area contributed by atoms with E-state index in [0.29, 0.717) is 19.4 Å². The summed E-state index contributed by atoms with van der Waals surface area (Å²) in [6.07, 6.45) is 4.86. The normalized spacial score (nSPS) is 19.9. The maximum absolute atomic E-state index is 13.0. The molecular weight excluding hydrogens is 345 g/mol. The molecule has 1 aliphatic heterocycles. The van der Waals surface area contributed by atoms with Gasteiger partial charge in [-0.05, 0) is 33.6 Å². The molecule has 2 rings (SSSR count). The minimum absolute atomic E-state index is 0.132. The van der Waals surface area contributed by atoms with E-state index < -0.39 is 7.60 Å². The number of fused-ring (bicyclic) bond motifs is 1. The van der Waals surface area contributed by atoms with Gasteiger partial charge in [0.1, 0.15) is 6.54 Å². The van der Waals surface area contributed by atoms with Gasteiger partial charge >= 0.3 is 7.60 Å². The predicted octanol–water partition coefficient (Wildman–Crippen LogP) is 5.91. The van der Waals surface area contributed by atoms with Gasteiger partial charge in [0, 0.05) is 25.0 Å². The van der Waals surface area contributed by atoms with Crippen LogP contribution in [0.1, 0.15) is 65.9 Å². The highest BCUT2D eigenvalue weighted by Gasteiger charge is 2.47. The van der Waals surface area contributed by atoms with E-state index in [1.54, 1.807) is 0 Å². The van der Waals surface area contributed by atoms with Crippen LogP contribution >= 0.6 is 7.60 Å². The van der Waals surface area contributed by atoms with Crippen LogP contribution in [0.2, 0.25) is 0 Å². The molecule has 0 spiro atoms. The van der Waals surface area contributed by atoms with E-state index in [0.717, 1.165) is 13.0 Å². The van der Waals surface area contributed by atoms with E-state index in [1.165, 1.54) is 36.2 Å². The molecule has 1 heterocycles. The van der Waals surface area contributed by atoms with Crippen LogP contribution in [-0.2, 0) is 19.0 Å². The molecule has 0 radical (unpaired) electrons. The summed E-state index contributed by atoms with van der Waals surface area (Å²) < 4.78 is 26.4. The Bertz CT molecular complexity index is 676. The summed E-state index contributed by atoms with van der Waals surface area (Å²) >= 11 is 0. The smallest absolute Gasteiger partial charge is 0.309 e. The van der Waals surface area contributed by atoms with Gasteiger partial charge < -0.3 is 9.05 Å². The molecule has 0 amide bonds. The van der Waals surface area contributed by atoms with Crippen LogP contribution in [0.5, 0.6) is 0 Å². The lowest BCUT2D eigenvalue weighted by atomic mass is 9.78. The van der Waals surface area contributed by atoms with E-state index in [1.807, 2.05) is 13.8 Å². The van der Waals surface area contributed by atoms with Crippen molar-refractivity contribution < 1.29 is 18.2 Å². The molecule has 0 saturated heterocycles. The van der Waals surface area contributed by atoms with Crippen LogP contribution < -0.4 is 0 Å². The first-order valence-electron chi connectivity index (χ1n) is 10.0. The maximum Gasteiger partial charge on any atom is 0.330 e. The number of nitrogens with zero attached hydrogens (tertiary/aromatic N) is 1. The van der Waals surface area contributed by atoms with Crippen molar-refractivity contribution in [2.24, 2.45) is 0 Å². The number of para-hydroxylation sites is 1. The molecule has 0 fully saturated rings. The monoisotopic (exact) mass is 380 g/mol. The lowest BCUT2D eigenvalue weighted by molar-refractivity contribution is -0.439. The number of hydrogen-bond donors (Lipinski definition) is 0. The molecule has 5 heteroatoms. The molecule has 0 saturated carbocycles. The van der Waals surface area contributed by atoms with Gasteiger partial charge in [0.2, 0.25) is 5.69 Å². The Morgan fingerprint density at radius 3 is 2.35 bits per heavy atom. The molecule has 0 N–H and O–H groups in total. The van der Waals surface area contributed by atoms with E-state index in [9.17, 15) is 4.57 Å². The average molecular weight is 380 g/mol. The van der Waals surface area contributed by atoms with Crippen LogP contribution in [0.4, 0.5) is 5.69 Å². The zero-order valence-corrected chi connectivity index (χ0v) is 18.0. The predicted molar refractivity (Wildman–Crippen MR) is 109 cm³/mol. The molecule has 0 aromatic heterocycles. The summed E-state index contributed by atoms with van der Waals surface area (Å²) in [4.78, 5) is 0. The molecule has 26 heavy (non-hydrogen) atoms. The highest BCUT2D eigenvalue weighted by Crippen LogP contribution is 2.52. The van der Waals surface area contributed by atoms with Crippen molar-refractivity contribution in [3.8, 4) is 0 Å². The third-order valence-electron chi connectivity index (χ3n) is 5.52. The summed E-state index contributed by atoms with van der Waals surface area (Å²) in [6, 6.07) is 8.63. The highest BCUT2D eigenvalue weighted by atomic mass is 31.2. The summed E-state index contributed by atoms with van der Waals surface area (Å²) in [7, 11) is -3.03. The molecule has 0 bridgehead atoms. The van der Waals surface area contributed by atoms with Gasteiger partial charge in [-0.25, -0.2) is 0 Å². The summed E-state index contributed by atoms with van der Waals surface area (Å²) in [5.74, 6) is 0. The third-order valence-corrected chi connectivity index (χ3v) is 7.59. The lowest BCUT2D eigenvalue weighted by Crippen LogP contribution is -2.31. The molecule has 1 aliphatic rings. The van der Waals surface area contributed by atoms with Crippen molar-refractivity contribution in [1.82, 2.24) is 0 Å². The Hall–Kier alpha value is -0.960. The fraction of sp³-hybridized carbons (Fsp3) is 0.667. The zero-order chi connectivity index (χ0) is 19.2. The second kappa shape index (κ2) is 9.30. The van der Waals surface area contributed by atoms with Crippen LogP contribution in [0.3, 0.4) is 0 Å². The number of rotatable bonds is 11. The molecule has 1 atom stereocenters. The van der Waals surface area contributed by atoms with E-state index in [4.69, 9.17) is 9.05 Å². The first-order valence-corrected chi connectivity index (χ1v) is 11.7. The fourth-order valence-corrected chi connectivity index (χ4v) is 5.73. The largest absolute Gasteiger partial charge is 0.330 e. The van der Waals surface area contributed by atoms with Gasteiger partial charge in [0.15, 0.2) is 5.71 Å². The third kappa shape index (κ3) is 4.47. The number of hydrogen-bond acceptors (Lipinski definition) is 3. The first-order chi connectivity index (χ1) is 12.4. The Kier molecular flexibility index (Phi) is 7.63. The second-order valence-electron chi connectivity index (χ2n) is 7.21. The topological polar surface area (TPSA) is 38.5 Å². The number of benzene rings is 1. The molecule has 1 unspecified atom stereocenters. The fourth-order valence-electron chi connectivity index (χ4n) is 3.89. The minimum atomic E-state index is -3.03. The van der Waals surface area contributed by atoms with Gasteiger partial charge in [-0.2, -0.15) is 4.58 Å². The molecule has 4 nitrogen and oxygen atoms in total. The van der Waals surface area contributed by atoms with Gasteiger partial charge in [0.25, 0.3) is 0 Å². The lowest BCUT2D eigenvalue weighted by Gasteiger charge is -2.25. The minimum Gasteiger partial charge on any atom is -0.309 e. The van der Waals surface area contributed by atoms with Crippen molar-refractivity contribution in [3.63, 3.8) is 0 Å². The van der Waals surface area contributed by atoms with Crippen LogP contribution in [0.25, 0.3) is 0 Å². The SMILES string of the molecule is CCCCC[N+]1=C(C)C(C)(CCP(=O)(OCC)OCC)c2ccccc21. The molecule has 146 valence electrons. The molecule has 1 aromatic carbocycles. The molecular formula is C21H35NO3P+. The average Bonchev–Trinajstić information content (AvgIpc) is 2.83. The number of unbranched alkanes of at least 4 members (excludes halogenated alkanes) is 2. The van der Waals surface area contributed by atoms with Crippen molar-refractivity contribution in [1.29, 1.82) is 0 Å². The van der Waals surface area contributed by atoms with Crippen LogP contribution in [-0.4, -0.2) is 36.2 Å².